The van der Waals surface area contributed by atoms with Gasteiger partial charge in [0.25, 0.3) is 11.7 Å². The zero-order valence-electron chi connectivity index (χ0n) is 21.2. The van der Waals surface area contributed by atoms with Crippen molar-refractivity contribution < 1.29 is 19.4 Å². The Kier molecular flexibility index (Phi) is 7.89. The lowest BCUT2D eigenvalue weighted by atomic mass is 9.93. The highest BCUT2D eigenvalue weighted by Crippen LogP contribution is 2.40. The molecule has 3 aromatic rings. The van der Waals surface area contributed by atoms with Gasteiger partial charge >= 0.3 is 0 Å². The van der Waals surface area contributed by atoms with E-state index in [0.717, 1.165) is 40.8 Å². The monoisotopic (exact) mass is 483 g/mol. The Hall–Kier alpha value is -3.86. The van der Waals surface area contributed by atoms with E-state index < -0.39 is 17.7 Å². The molecule has 36 heavy (non-hydrogen) atoms. The Labute approximate surface area is 213 Å². The number of amides is 1. The molecule has 0 aliphatic carbocycles. The topological polar surface area (TPSA) is 66.8 Å². The van der Waals surface area contributed by atoms with Crippen molar-refractivity contribution in [2.45, 2.75) is 46.1 Å². The summed E-state index contributed by atoms with van der Waals surface area (Å²) in [7, 11) is 0. The highest BCUT2D eigenvalue weighted by atomic mass is 16.5. The second kappa shape index (κ2) is 11.3. The maximum absolute atomic E-state index is 13.3. The highest BCUT2D eigenvalue weighted by molar-refractivity contribution is 6.46. The highest BCUT2D eigenvalue weighted by Gasteiger charge is 2.46. The minimum atomic E-state index is -0.682. The Morgan fingerprint density at radius 3 is 2.39 bits per heavy atom. The van der Waals surface area contributed by atoms with Crippen LogP contribution in [0.25, 0.3) is 5.76 Å². The summed E-state index contributed by atoms with van der Waals surface area (Å²) in [6.07, 6.45) is 2.62. The molecule has 1 atom stereocenters. The van der Waals surface area contributed by atoms with Gasteiger partial charge in [-0.1, -0.05) is 73.5 Å². The van der Waals surface area contributed by atoms with Crippen LogP contribution < -0.4 is 4.74 Å². The number of hydrogen-bond donors (Lipinski definition) is 1. The van der Waals surface area contributed by atoms with E-state index in [1.165, 1.54) is 0 Å². The van der Waals surface area contributed by atoms with Crippen LogP contribution in [0, 0.1) is 13.8 Å². The number of ketones is 1. The molecule has 0 spiro atoms. The summed E-state index contributed by atoms with van der Waals surface area (Å²) >= 11 is 0. The van der Waals surface area contributed by atoms with Gasteiger partial charge < -0.3 is 14.7 Å². The molecule has 0 saturated carbocycles. The number of carbonyl (C=O) groups is 2. The van der Waals surface area contributed by atoms with Crippen molar-refractivity contribution >= 4 is 17.4 Å². The molecule has 4 rings (SSSR count). The molecule has 0 radical (unpaired) electrons. The van der Waals surface area contributed by atoms with Gasteiger partial charge in [-0.05, 0) is 61.6 Å². The van der Waals surface area contributed by atoms with Crippen LogP contribution in [0.4, 0.5) is 0 Å². The number of carbonyl (C=O) groups excluding carboxylic acids is 2. The van der Waals surface area contributed by atoms with Crippen LogP contribution in [0.5, 0.6) is 5.75 Å². The number of Topliss-reactive ketones (excluding diaryl/α,β-unsaturated/α-hetero) is 1. The lowest BCUT2D eigenvalue weighted by Gasteiger charge is -2.26. The zero-order chi connectivity index (χ0) is 25.7. The van der Waals surface area contributed by atoms with Gasteiger partial charge in [-0.3, -0.25) is 9.59 Å². The van der Waals surface area contributed by atoms with E-state index in [9.17, 15) is 14.7 Å². The minimum Gasteiger partial charge on any atom is -0.507 e. The fourth-order valence-electron chi connectivity index (χ4n) is 4.57. The largest absolute Gasteiger partial charge is 0.507 e. The van der Waals surface area contributed by atoms with Crippen LogP contribution >= 0.6 is 0 Å². The predicted octanol–water partition coefficient (Wildman–Crippen LogP) is 6.15. The lowest BCUT2D eigenvalue weighted by Crippen LogP contribution is -2.31. The molecule has 3 aromatic carbocycles. The summed E-state index contributed by atoms with van der Waals surface area (Å²) in [5.41, 5.74) is 4.34. The SMILES string of the molecule is CCCCOc1ccc(C2/C(=C(\O)c3cc(C)ccc3C)C(=O)C(=O)N2CCc2ccccc2)cc1. The standard InChI is InChI=1S/C31H33NO4/c1-4-5-19-36-25-15-13-24(14-16-25)28-27(29(33)26-20-21(2)11-12-22(26)3)30(34)31(35)32(28)18-17-23-9-7-6-8-10-23/h6-16,20,28,33H,4-5,17-19H2,1-3H3/b29-27+. The van der Waals surface area contributed by atoms with Gasteiger partial charge in [0, 0.05) is 12.1 Å². The van der Waals surface area contributed by atoms with E-state index >= 15 is 0 Å². The second-order valence-electron chi connectivity index (χ2n) is 9.32. The fourth-order valence-corrected chi connectivity index (χ4v) is 4.57. The van der Waals surface area contributed by atoms with Crippen LogP contribution in [-0.2, 0) is 16.0 Å². The average molecular weight is 484 g/mol. The molecule has 1 unspecified atom stereocenters. The molecule has 1 fully saturated rings. The van der Waals surface area contributed by atoms with Crippen molar-refractivity contribution in [1.29, 1.82) is 0 Å². The van der Waals surface area contributed by atoms with Crippen LogP contribution in [-0.4, -0.2) is 34.8 Å². The number of nitrogens with zero attached hydrogens (tertiary/aromatic N) is 1. The van der Waals surface area contributed by atoms with Crippen LogP contribution in [0.2, 0.25) is 0 Å². The number of ether oxygens (including phenoxy) is 1. The minimum absolute atomic E-state index is 0.126. The zero-order valence-corrected chi connectivity index (χ0v) is 21.2. The third-order valence-electron chi connectivity index (χ3n) is 6.63. The third kappa shape index (κ3) is 5.35. The van der Waals surface area contributed by atoms with Crippen LogP contribution in [0.1, 0.15) is 53.6 Å². The summed E-state index contributed by atoms with van der Waals surface area (Å²) in [5.74, 6) is -0.645. The first kappa shape index (κ1) is 25.2. The second-order valence-corrected chi connectivity index (χ2v) is 9.32. The van der Waals surface area contributed by atoms with Gasteiger partial charge in [-0.15, -0.1) is 0 Å². The van der Waals surface area contributed by atoms with Gasteiger partial charge in [-0.25, -0.2) is 0 Å². The Morgan fingerprint density at radius 1 is 0.972 bits per heavy atom. The van der Waals surface area contributed by atoms with Crippen LogP contribution in [0.15, 0.2) is 78.4 Å². The van der Waals surface area contributed by atoms with E-state index in [1.54, 1.807) is 4.90 Å². The molecule has 1 aliphatic rings. The molecular formula is C31H33NO4. The van der Waals surface area contributed by atoms with Crippen molar-refractivity contribution in [2.75, 3.05) is 13.2 Å². The molecule has 5 nitrogen and oxygen atoms in total. The van der Waals surface area contributed by atoms with E-state index in [0.29, 0.717) is 25.1 Å². The average Bonchev–Trinajstić information content (AvgIpc) is 3.14. The number of hydrogen-bond acceptors (Lipinski definition) is 4. The van der Waals surface area contributed by atoms with Crippen molar-refractivity contribution in [3.8, 4) is 5.75 Å². The first-order valence-corrected chi connectivity index (χ1v) is 12.5. The number of aliphatic hydroxyl groups is 1. The maximum atomic E-state index is 13.3. The van der Waals surface area contributed by atoms with Gasteiger partial charge in [0.2, 0.25) is 0 Å². The molecule has 186 valence electrons. The summed E-state index contributed by atoms with van der Waals surface area (Å²) < 4.78 is 5.80. The molecule has 1 N–H and O–H groups in total. The molecule has 0 bridgehead atoms. The number of rotatable bonds is 9. The molecular weight excluding hydrogens is 450 g/mol. The Balaban J connectivity index is 1.75. The van der Waals surface area contributed by atoms with E-state index in [4.69, 9.17) is 4.74 Å². The van der Waals surface area contributed by atoms with Crippen molar-refractivity contribution in [2.24, 2.45) is 0 Å². The van der Waals surface area contributed by atoms with Gasteiger partial charge in [0.1, 0.15) is 11.5 Å². The molecule has 1 amide bonds. The van der Waals surface area contributed by atoms with E-state index in [2.05, 4.69) is 6.92 Å². The number of unbranched alkanes of at least 4 members (excludes halogenated alkanes) is 1. The molecule has 5 heteroatoms. The van der Waals surface area contributed by atoms with Gasteiger partial charge in [-0.2, -0.15) is 0 Å². The van der Waals surface area contributed by atoms with Crippen LogP contribution in [0.3, 0.4) is 0 Å². The summed E-state index contributed by atoms with van der Waals surface area (Å²) in [5, 5.41) is 11.4. The molecule has 1 saturated heterocycles. The molecule has 0 aromatic heterocycles. The Morgan fingerprint density at radius 2 is 1.69 bits per heavy atom. The first-order valence-electron chi connectivity index (χ1n) is 12.5. The fraction of sp³-hybridized carbons (Fsp3) is 0.290. The summed E-state index contributed by atoms with van der Waals surface area (Å²) in [4.78, 5) is 28.2. The maximum Gasteiger partial charge on any atom is 0.295 e. The number of aryl methyl sites for hydroxylation is 2. The van der Waals surface area contributed by atoms with Crippen molar-refractivity contribution in [3.63, 3.8) is 0 Å². The van der Waals surface area contributed by atoms with Gasteiger partial charge in [0.05, 0.1) is 18.2 Å². The normalized spacial score (nSPS) is 17.0. The number of benzene rings is 3. The smallest absolute Gasteiger partial charge is 0.295 e. The number of likely N-dealkylation sites (tertiary alicyclic amines) is 1. The predicted molar refractivity (Wildman–Crippen MR) is 142 cm³/mol. The summed E-state index contributed by atoms with van der Waals surface area (Å²) in [6.45, 7) is 6.93. The third-order valence-corrected chi connectivity index (χ3v) is 6.63. The molecule has 1 heterocycles. The lowest BCUT2D eigenvalue weighted by molar-refractivity contribution is -0.139. The quantitative estimate of drug-likeness (QED) is 0.172. The van der Waals surface area contributed by atoms with Crippen molar-refractivity contribution in [3.05, 3.63) is 106 Å². The van der Waals surface area contributed by atoms with E-state index in [-0.39, 0.29) is 11.3 Å². The summed E-state index contributed by atoms with van der Waals surface area (Å²) in [6, 6.07) is 22.4. The Bertz CT molecular complexity index is 1260. The van der Waals surface area contributed by atoms with Crippen molar-refractivity contribution in [1.82, 2.24) is 4.90 Å². The van der Waals surface area contributed by atoms with E-state index in [1.807, 2.05) is 86.6 Å². The number of aliphatic hydroxyl groups excluding tert-OH is 1. The van der Waals surface area contributed by atoms with Gasteiger partial charge in [0.15, 0.2) is 0 Å². The first-order chi connectivity index (χ1) is 17.4. The molecule has 1 aliphatic heterocycles.